The lowest BCUT2D eigenvalue weighted by Gasteiger charge is -2.33. The highest BCUT2D eigenvalue weighted by Gasteiger charge is 2.29. The van der Waals surface area contributed by atoms with Gasteiger partial charge in [0, 0.05) is 17.6 Å². The molecule has 3 heteroatoms. The molecule has 1 amide bonds. The van der Waals surface area contributed by atoms with Gasteiger partial charge in [0.05, 0.1) is 6.10 Å². The number of amides is 1. The fraction of sp³-hybridized carbons (Fsp3) is 0.650. The second-order valence-electron chi connectivity index (χ2n) is 7.29. The van der Waals surface area contributed by atoms with E-state index in [2.05, 4.69) is 18.7 Å². The molecule has 0 aliphatic heterocycles. The fourth-order valence-corrected chi connectivity index (χ4v) is 4.03. The Labute approximate surface area is 140 Å². The van der Waals surface area contributed by atoms with Gasteiger partial charge in [0.15, 0.2) is 0 Å². The van der Waals surface area contributed by atoms with Crippen molar-refractivity contribution in [2.24, 2.45) is 0 Å². The van der Waals surface area contributed by atoms with E-state index in [9.17, 15) is 4.79 Å². The van der Waals surface area contributed by atoms with Crippen LogP contribution in [0.2, 0.25) is 0 Å². The van der Waals surface area contributed by atoms with Crippen molar-refractivity contribution in [2.75, 3.05) is 0 Å². The van der Waals surface area contributed by atoms with Gasteiger partial charge >= 0.3 is 0 Å². The topological polar surface area (TPSA) is 29.5 Å². The highest BCUT2D eigenvalue weighted by Crippen LogP contribution is 2.28. The van der Waals surface area contributed by atoms with Crippen LogP contribution in [0.1, 0.15) is 75.6 Å². The number of carbonyl (C=O) groups is 1. The van der Waals surface area contributed by atoms with Gasteiger partial charge in [0.1, 0.15) is 5.75 Å². The summed E-state index contributed by atoms with van der Waals surface area (Å²) in [4.78, 5) is 15.0. The smallest absolute Gasteiger partial charge is 0.254 e. The van der Waals surface area contributed by atoms with Gasteiger partial charge in [-0.15, -0.1) is 0 Å². The van der Waals surface area contributed by atoms with E-state index < -0.39 is 0 Å². The fourth-order valence-electron chi connectivity index (χ4n) is 4.03. The maximum absolute atomic E-state index is 12.9. The van der Waals surface area contributed by atoms with E-state index in [1.807, 2.05) is 24.3 Å². The monoisotopic (exact) mass is 315 g/mol. The Morgan fingerprint density at radius 2 is 1.57 bits per heavy atom. The first kappa shape index (κ1) is 16.4. The van der Waals surface area contributed by atoms with Gasteiger partial charge in [-0.05, 0) is 76.6 Å². The summed E-state index contributed by atoms with van der Waals surface area (Å²) in [7, 11) is 0. The predicted molar refractivity (Wildman–Crippen MR) is 92.9 cm³/mol. The summed E-state index contributed by atoms with van der Waals surface area (Å²) in [6.45, 7) is 4.24. The van der Waals surface area contributed by atoms with Gasteiger partial charge in [0.2, 0.25) is 0 Å². The van der Waals surface area contributed by atoms with Crippen molar-refractivity contribution in [2.45, 2.75) is 83.4 Å². The van der Waals surface area contributed by atoms with Crippen molar-refractivity contribution in [3.8, 4) is 5.75 Å². The molecule has 3 rings (SSSR count). The van der Waals surface area contributed by atoms with Gasteiger partial charge in [-0.2, -0.15) is 0 Å². The molecule has 0 radical (unpaired) electrons. The molecule has 0 saturated heterocycles. The number of rotatable bonds is 5. The van der Waals surface area contributed by atoms with Gasteiger partial charge in [-0.3, -0.25) is 4.79 Å². The largest absolute Gasteiger partial charge is 0.490 e. The van der Waals surface area contributed by atoms with Crippen LogP contribution in [-0.2, 0) is 0 Å². The average Bonchev–Trinajstić information content (AvgIpc) is 3.21. The zero-order chi connectivity index (χ0) is 16.2. The van der Waals surface area contributed by atoms with E-state index in [0.29, 0.717) is 12.1 Å². The molecular weight excluding hydrogens is 286 g/mol. The van der Waals surface area contributed by atoms with Crippen molar-refractivity contribution in [1.82, 2.24) is 4.90 Å². The van der Waals surface area contributed by atoms with Crippen LogP contribution < -0.4 is 4.74 Å². The average molecular weight is 315 g/mol. The molecule has 2 aliphatic carbocycles. The first-order valence-corrected chi connectivity index (χ1v) is 9.24. The van der Waals surface area contributed by atoms with E-state index in [-0.39, 0.29) is 11.9 Å². The Hall–Kier alpha value is -1.51. The molecule has 0 bridgehead atoms. The molecule has 1 aromatic carbocycles. The summed E-state index contributed by atoms with van der Waals surface area (Å²) in [5.41, 5.74) is 0.782. The lowest BCUT2D eigenvalue weighted by atomic mass is 10.1. The summed E-state index contributed by atoms with van der Waals surface area (Å²) in [6, 6.07) is 8.43. The quantitative estimate of drug-likeness (QED) is 0.781. The summed E-state index contributed by atoms with van der Waals surface area (Å²) in [5, 5.41) is 0. The van der Waals surface area contributed by atoms with Crippen molar-refractivity contribution in [3.05, 3.63) is 29.8 Å². The molecule has 2 saturated carbocycles. The second-order valence-corrected chi connectivity index (χ2v) is 7.29. The van der Waals surface area contributed by atoms with Gasteiger partial charge in [0.25, 0.3) is 5.91 Å². The first-order chi connectivity index (χ1) is 11.1. The minimum atomic E-state index is 0.166. The van der Waals surface area contributed by atoms with Crippen LogP contribution in [0.25, 0.3) is 0 Å². The number of hydrogen-bond acceptors (Lipinski definition) is 2. The third-order valence-electron chi connectivity index (χ3n) is 5.22. The molecule has 23 heavy (non-hydrogen) atoms. The van der Waals surface area contributed by atoms with Crippen LogP contribution in [0.5, 0.6) is 5.75 Å². The van der Waals surface area contributed by atoms with Crippen LogP contribution in [0, 0.1) is 0 Å². The molecule has 2 aliphatic rings. The van der Waals surface area contributed by atoms with Crippen molar-refractivity contribution in [3.63, 3.8) is 0 Å². The zero-order valence-corrected chi connectivity index (χ0v) is 14.5. The minimum absolute atomic E-state index is 0.166. The van der Waals surface area contributed by atoms with Gasteiger partial charge < -0.3 is 9.64 Å². The van der Waals surface area contributed by atoms with E-state index in [4.69, 9.17) is 4.74 Å². The maximum Gasteiger partial charge on any atom is 0.254 e. The SMILES string of the molecule is CC(C)N(C(=O)c1ccc(OC2CCCC2)cc1)C1CCCC1. The highest BCUT2D eigenvalue weighted by molar-refractivity contribution is 5.94. The van der Waals surface area contributed by atoms with E-state index in [0.717, 1.165) is 37.0 Å². The maximum atomic E-state index is 12.9. The van der Waals surface area contributed by atoms with Crippen LogP contribution in [0.3, 0.4) is 0 Å². The number of benzene rings is 1. The molecular formula is C20H29NO2. The molecule has 0 N–H and O–H groups in total. The first-order valence-electron chi connectivity index (χ1n) is 9.24. The zero-order valence-electron chi connectivity index (χ0n) is 14.5. The Kier molecular flexibility index (Phi) is 5.24. The summed E-state index contributed by atoms with van der Waals surface area (Å²) >= 11 is 0. The molecule has 0 spiro atoms. The van der Waals surface area contributed by atoms with Crippen LogP contribution >= 0.6 is 0 Å². The Morgan fingerprint density at radius 1 is 1.00 bits per heavy atom. The molecule has 1 aromatic rings. The van der Waals surface area contributed by atoms with E-state index in [1.165, 1.54) is 25.7 Å². The third kappa shape index (κ3) is 3.88. The Balaban J connectivity index is 1.67. The second kappa shape index (κ2) is 7.37. The van der Waals surface area contributed by atoms with E-state index in [1.54, 1.807) is 0 Å². The lowest BCUT2D eigenvalue weighted by molar-refractivity contribution is 0.0613. The van der Waals surface area contributed by atoms with Crippen LogP contribution in [0.15, 0.2) is 24.3 Å². The van der Waals surface area contributed by atoms with E-state index >= 15 is 0 Å². The van der Waals surface area contributed by atoms with Crippen molar-refractivity contribution in [1.29, 1.82) is 0 Å². The highest BCUT2D eigenvalue weighted by atomic mass is 16.5. The summed E-state index contributed by atoms with van der Waals surface area (Å²) in [6.07, 6.45) is 10.00. The number of hydrogen-bond donors (Lipinski definition) is 0. The summed E-state index contributed by atoms with van der Waals surface area (Å²) < 4.78 is 5.99. The van der Waals surface area contributed by atoms with Crippen LogP contribution in [0.4, 0.5) is 0 Å². The van der Waals surface area contributed by atoms with Crippen LogP contribution in [-0.4, -0.2) is 29.0 Å². The van der Waals surface area contributed by atoms with Crippen molar-refractivity contribution < 1.29 is 9.53 Å². The predicted octanol–water partition coefficient (Wildman–Crippen LogP) is 4.80. The van der Waals surface area contributed by atoms with Gasteiger partial charge in [-0.25, -0.2) is 0 Å². The number of nitrogens with zero attached hydrogens (tertiary/aromatic N) is 1. The van der Waals surface area contributed by atoms with Crippen molar-refractivity contribution >= 4 is 5.91 Å². The summed E-state index contributed by atoms with van der Waals surface area (Å²) in [5.74, 6) is 1.06. The molecule has 0 unspecified atom stereocenters. The molecule has 126 valence electrons. The number of ether oxygens (including phenoxy) is 1. The minimum Gasteiger partial charge on any atom is -0.490 e. The molecule has 0 aromatic heterocycles. The molecule has 0 heterocycles. The number of carbonyl (C=O) groups excluding carboxylic acids is 1. The van der Waals surface area contributed by atoms with Gasteiger partial charge in [-0.1, -0.05) is 12.8 Å². The lowest BCUT2D eigenvalue weighted by Crippen LogP contribution is -2.43. The Morgan fingerprint density at radius 3 is 2.13 bits per heavy atom. The third-order valence-corrected chi connectivity index (χ3v) is 5.22. The Bertz CT molecular complexity index is 511. The molecule has 3 nitrogen and oxygen atoms in total. The normalized spacial score (nSPS) is 19.4. The standard InChI is InChI=1S/C20H29NO2/c1-15(2)21(17-7-3-4-8-17)20(22)16-11-13-19(14-12-16)23-18-9-5-6-10-18/h11-15,17-18H,3-10H2,1-2H3. The molecule has 2 fully saturated rings. The molecule has 0 atom stereocenters.